The van der Waals surface area contributed by atoms with Gasteiger partial charge in [0.1, 0.15) is 0 Å². The number of Topliss-reactive ketones (excluding diaryl/α,β-unsaturated/α-hetero) is 2. The molecule has 0 atom stereocenters. The Morgan fingerprint density at radius 2 is 1.26 bits per heavy atom. The predicted octanol–water partition coefficient (Wildman–Crippen LogP) is 11.8. The van der Waals surface area contributed by atoms with Crippen molar-refractivity contribution in [3.63, 3.8) is 0 Å². The Morgan fingerprint density at radius 1 is 0.620 bits per heavy atom. The molecule has 3 heteroatoms. The van der Waals surface area contributed by atoms with Crippen LogP contribution in [0.25, 0.3) is 33.5 Å². The molecule has 240 valence electrons. The second-order valence-corrected chi connectivity index (χ2v) is 14.0. The van der Waals surface area contributed by atoms with Crippen LogP contribution in [0.3, 0.4) is 0 Å². The number of hydrogen-bond acceptors (Lipinski definition) is 3. The van der Waals surface area contributed by atoms with Gasteiger partial charge in [-0.3, -0.25) is 9.59 Å². The van der Waals surface area contributed by atoms with Crippen LogP contribution in [0.2, 0.25) is 0 Å². The van der Waals surface area contributed by atoms with E-state index in [0.29, 0.717) is 11.1 Å². The van der Waals surface area contributed by atoms with Gasteiger partial charge in [-0.2, -0.15) is 0 Å². The van der Waals surface area contributed by atoms with Gasteiger partial charge in [-0.15, -0.1) is 0 Å². The van der Waals surface area contributed by atoms with Gasteiger partial charge in [-0.05, 0) is 99.5 Å². The lowest BCUT2D eigenvalue weighted by molar-refractivity contribution is 0.0990. The number of carbonyl (C=O) groups is 2. The maximum absolute atomic E-state index is 13.1. The highest BCUT2D eigenvalue weighted by Crippen LogP contribution is 2.52. The van der Waals surface area contributed by atoms with Gasteiger partial charge in [0, 0.05) is 33.5 Å². The third-order valence-corrected chi connectivity index (χ3v) is 10.7. The van der Waals surface area contributed by atoms with Crippen molar-refractivity contribution < 1.29 is 9.59 Å². The van der Waals surface area contributed by atoms with Crippen molar-refractivity contribution in [2.24, 2.45) is 0 Å². The van der Waals surface area contributed by atoms with E-state index in [1.54, 1.807) is 30.3 Å². The van der Waals surface area contributed by atoms with Crippen molar-refractivity contribution >= 4 is 51.1 Å². The Kier molecular flexibility index (Phi) is 6.92. The Morgan fingerprint density at radius 3 is 2.04 bits per heavy atom. The number of allylic oxidation sites excluding steroid dienone is 5. The van der Waals surface area contributed by atoms with Crippen LogP contribution < -0.4 is 4.90 Å². The monoisotopic (exact) mass is 645 g/mol. The molecule has 0 spiro atoms. The van der Waals surface area contributed by atoms with Crippen molar-refractivity contribution in [1.82, 2.24) is 0 Å². The largest absolute Gasteiger partial charge is 0.310 e. The van der Waals surface area contributed by atoms with Gasteiger partial charge in [-0.25, -0.2) is 0 Å². The molecule has 6 aromatic carbocycles. The highest BCUT2D eigenvalue weighted by molar-refractivity contribution is 6.41. The Balaban J connectivity index is 1.16. The molecule has 9 rings (SSSR count). The summed E-state index contributed by atoms with van der Waals surface area (Å²) in [5.41, 5.74) is 13.2. The van der Waals surface area contributed by atoms with Crippen molar-refractivity contribution in [3.05, 3.63) is 185 Å². The van der Waals surface area contributed by atoms with Gasteiger partial charge in [0.25, 0.3) is 0 Å². The van der Waals surface area contributed by atoms with E-state index in [-0.39, 0.29) is 22.6 Å². The first-order valence-corrected chi connectivity index (χ1v) is 17.3. The van der Waals surface area contributed by atoms with E-state index < -0.39 is 0 Å². The van der Waals surface area contributed by atoms with Gasteiger partial charge in [-0.1, -0.05) is 123 Å². The fourth-order valence-electron chi connectivity index (χ4n) is 8.13. The van der Waals surface area contributed by atoms with Crippen LogP contribution in [0, 0.1) is 0 Å². The fourth-order valence-corrected chi connectivity index (χ4v) is 8.13. The van der Waals surface area contributed by atoms with Crippen molar-refractivity contribution in [2.75, 3.05) is 4.90 Å². The first-order chi connectivity index (χ1) is 24.4. The molecule has 50 heavy (non-hydrogen) atoms. The minimum absolute atomic E-state index is 0.0834. The fraction of sp³-hybridized carbons (Fsp3) is 0.106. The van der Waals surface area contributed by atoms with E-state index in [4.69, 9.17) is 0 Å². The smallest absolute Gasteiger partial charge is 0.197 e. The van der Waals surface area contributed by atoms with Crippen LogP contribution >= 0.6 is 0 Å². The van der Waals surface area contributed by atoms with E-state index >= 15 is 0 Å². The Bertz CT molecular complexity index is 2460. The summed E-state index contributed by atoms with van der Waals surface area (Å²) in [6.07, 6.45) is 8.56. The second-order valence-electron chi connectivity index (χ2n) is 14.0. The molecule has 0 saturated carbocycles. The Hall–Kier alpha value is -6.06. The summed E-state index contributed by atoms with van der Waals surface area (Å²) in [4.78, 5) is 28.5. The lowest BCUT2D eigenvalue weighted by atomic mass is 9.80. The van der Waals surface area contributed by atoms with Gasteiger partial charge in [0.2, 0.25) is 0 Å². The molecule has 0 unspecified atom stereocenters. The molecule has 0 saturated heterocycles. The number of hydrogen-bond donors (Lipinski definition) is 0. The first kappa shape index (κ1) is 30.0. The minimum Gasteiger partial charge on any atom is -0.310 e. The van der Waals surface area contributed by atoms with Crippen LogP contribution in [0.5, 0.6) is 0 Å². The molecular formula is C47H35NO2. The highest BCUT2D eigenvalue weighted by atomic mass is 16.2. The number of rotatable bonds is 5. The van der Waals surface area contributed by atoms with E-state index in [0.717, 1.165) is 57.4 Å². The number of para-hydroxylation sites is 1. The molecule has 0 N–H and O–H groups in total. The SMILES string of the molecule is CC1(C)C2=C(CCC=C2)c2ccc(N(c3ccc4cc(C=C5C(=O)c6ccccc6C5=O)ccc4c3)c3ccccc3-c3ccccc3)cc21. The van der Waals surface area contributed by atoms with Crippen molar-refractivity contribution in [3.8, 4) is 11.1 Å². The van der Waals surface area contributed by atoms with Crippen LogP contribution in [0.15, 0.2) is 157 Å². The number of fused-ring (bicyclic) bond motifs is 4. The summed E-state index contributed by atoms with van der Waals surface area (Å²) >= 11 is 0. The van der Waals surface area contributed by atoms with Crippen molar-refractivity contribution in [2.45, 2.75) is 32.1 Å². The summed E-state index contributed by atoms with van der Waals surface area (Å²) in [7, 11) is 0. The summed E-state index contributed by atoms with van der Waals surface area (Å²) in [6, 6.07) is 45.9. The van der Waals surface area contributed by atoms with E-state index in [1.807, 2.05) is 6.07 Å². The third kappa shape index (κ3) is 4.73. The summed E-state index contributed by atoms with van der Waals surface area (Å²) in [5.74, 6) is -0.420. The molecule has 0 bridgehead atoms. The molecule has 0 amide bonds. The summed E-state index contributed by atoms with van der Waals surface area (Å²) in [5, 5.41) is 2.11. The van der Waals surface area contributed by atoms with Gasteiger partial charge >= 0.3 is 0 Å². The predicted molar refractivity (Wildman–Crippen MR) is 205 cm³/mol. The topological polar surface area (TPSA) is 37.4 Å². The molecule has 3 nitrogen and oxygen atoms in total. The maximum Gasteiger partial charge on any atom is 0.197 e. The zero-order valence-electron chi connectivity index (χ0n) is 28.1. The van der Waals surface area contributed by atoms with Crippen LogP contribution in [-0.4, -0.2) is 11.6 Å². The van der Waals surface area contributed by atoms with Crippen LogP contribution in [0.4, 0.5) is 17.1 Å². The Labute approximate surface area is 292 Å². The molecular weight excluding hydrogens is 611 g/mol. The maximum atomic E-state index is 13.1. The number of carbonyl (C=O) groups excluding carboxylic acids is 2. The highest BCUT2D eigenvalue weighted by Gasteiger charge is 2.38. The average Bonchev–Trinajstić information content (AvgIpc) is 3.53. The first-order valence-electron chi connectivity index (χ1n) is 17.3. The quantitative estimate of drug-likeness (QED) is 0.138. The summed E-state index contributed by atoms with van der Waals surface area (Å²) in [6.45, 7) is 4.70. The molecule has 0 radical (unpaired) electrons. The molecule has 0 aliphatic heterocycles. The normalized spacial score (nSPS) is 15.7. The molecule has 0 aromatic heterocycles. The van der Waals surface area contributed by atoms with Crippen molar-refractivity contribution in [1.29, 1.82) is 0 Å². The molecule has 0 heterocycles. The number of ketones is 2. The van der Waals surface area contributed by atoms with Crippen LogP contribution in [0.1, 0.15) is 64.1 Å². The standard InChI is InChI=1S/C47H35NO2/c1-47(2)42-18-10-8-15-37(42)38-25-24-35(29-43(38)47)48(44-19-11-9-14-36(44)31-12-4-3-5-13-31)34-23-22-32-26-30(20-21-33(32)28-34)27-41-45(49)39-16-6-7-17-40(39)46(41)50/h3-7,9-14,16-29H,8,15H2,1-2H3. The molecule has 3 aliphatic carbocycles. The van der Waals surface area contributed by atoms with E-state index in [9.17, 15) is 9.59 Å². The summed E-state index contributed by atoms with van der Waals surface area (Å²) < 4.78 is 0. The lowest BCUT2D eigenvalue weighted by Crippen LogP contribution is -2.18. The van der Waals surface area contributed by atoms with Gasteiger partial charge in [0.15, 0.2) is 11.6 Å². The van der Waals surface area contributed by atoms with E-state index in [2.05, 4.69) is 134 Å². The van der Waals surface area contributed by atoms with Gasteiger partial charge < -0.3 is 4.90 Å². The molecule has 6 aromatic rings. The average molecular weight is 646 g/mol. The second kappa shape index (κ2) is 11.5. The number of anilines is 3. The number of nitrogens with zero attached hydrogens (tertiary/aromatic N) is 1. The molecule has 0 fully saturated rings. The minimum atomic E-state index is -0.210. The third-order valence-electron chi connectivity index (χ3n) is 10.7. The number of benzene rings is 6. The van der Waals surface area contributed by atoms with Gasteiger partial charge in [0.05, 0.1) is 11.3 Å². The zero-order valence-corrected chi connectivity index (χ0v) is 28.1. The lowest BCUT2D eigenvalue weighted by Gasteiger charge is -2.30. The molecule has 3 aliphatic rings. The van der Waals surface area contributed by atoms with E-state index in [1.165, 1.54) is 22.3 Å². The van der Waals surface area contributed by atoms with Crippen LogP contribution in [-0.2, 0) is 5.41 Å². The zero-order chi connectivity index (χ0) is 34.0.